The highest BCUT2D eigenvalue weighted by atomic mass is 35.5. The number of nitrogens with one attached hydrogen (secondary N) is 1. The third-order valence-electron chi connectivity index (χ3n) is 1.66. The fourth-order valence-electron chi connectivity index (χ4n) is 0.969. The summed E-state index contributed by atoms with van der Waals surface area (Å²) < 4.78 is 5.44. The molecule has 0 bridgehead atoms. The molecular weight excluding hydrogens is 198 g/mol. The van der Waals surface area contributed by atoms with E-state index in [9.17, 15) is 0 Å². The Bertz CT molecular complexity index is 299. The number of hydrogen-bond donors (Lipinski definition) is 1. The van der Waals surface area contributed by atoms with Gasteiger partial charge in [-0.3, -0.25) is 0 Å². The average molecular weight is 212 g/mol. The molecule has 1 aromatic carbocycles. The summed E-state index contributed by atoms with van der Waals surface area (Å²) in [7, 11) is 1.90. The Morgan fingerprint density at radius 1 is 1.36 bits per heavy atom. The van der Waals surface area contributed by atoms with Crippen molar-refractivity contribution in [2.45, 2.75) is 0 Å². The van der Waals surface area contributed by atoms with E-state index in [2.05, 4.69) is 5.32 Å². The minimum absolute atomic E-state index is 0.547. The van der Waals surface area contributed by atoms with Crippen molar-refractivity contribution in [3.05, 3.63) is 41.4 Å². The second-order valence-corrected chi connectivity index (χ2v) is 3.18. The molecule has 0 aliphatic rings. The Hall–Kier alpha value is -0.990. The molecule has 0 aliphatic carbocycles. The molecule has 0 fully saturated rings. The van der Waals surface area contributed by atoms with E-state index in [-0.39, 0.29) is 0 Å². The Balaban J connectivity index is 2.35. The molecule has 0 heterocycles. The number of ether oxygens (including phenoxy) is 1. The van der Waals surface area contributed by atoms with Gasteiger partial charge in [0.05, 0.1) is 5.02 Å². The van der Waals surface area contributed by atoms with Gasteiger partial charge in [-0.1, -0.05) is 35.9 Å². The number of halogens is 1. The minimum Gasteiger partial charge on any atom is -0.488 e. The van der Waals surface area contributed by atoms with Crippen LogP contribution in [0.25, 0.3) is 0 Å². The summed E-state index contributed by atoms with van der Waals surface area (Å²) in [4.78, 5) is 0. The first-order valence-corrected chi connectivity index (χ1v) is 4.89. The van der Waals surface area contributed by atoms with Gasteiger partial charge in [0.15, 0.2) is 0 Å². The monoisotopic (exact) mass is 211 g/mol. The van der Waals surface area contributed by atoms with Gasteiger partial charge >= 0.3 is 0 Å². The first kappa shape index (κ1) is 11.1. The molecule has 0 saturated carbocycles. The molecule has 14 heavy (non-hydrogen) atoms. The van der Waals surface area contributed by atoms with Crippen LogP contribution in [0.15, 0.2) is 36.4 Å². The van der Waals surface area contributed by atoms with Crippen molar-refractivity contribution in [1.29, 1.82) is 0 Å². The van der Waals surface area contributed by atoms with Crippen LogP contribution in [0.4, 0.5) is 0 Å². The Morgan fingerprint density at radius 2 is 2.14 bits per heavy atom. The number of para-hydroxylation sites is 1. The average Bonchev–Trinajstić information content (AvgIpc) is 2.20. The fraction of sp³-hybridized carbons (Fsp3) is 0.273. The van der Waals surface area contributed by atoms with E-state index in [0.29, 0.717) is 11.6 Å². The van der Waals surface area contributed by atoms with E-state index in [4.69, 9.17) is 16.3 Å². The fourth-order valence-corrected chi connectivity index (χ4v) is 1.16. The van der Waals surface area contributed by atoms with Crippen molar-refractivity contribution < 1.29 is 4.74 Å². The summed E-state index contributed by atoms with van der Waals surface area (Å²) in [6, 6.07) is 7.45. The van der Waals surface area contributed by atoms with Gasteiger partial charge in [0.2, 0.25) is 0 Å². The van der Waals surface area contributed by atoms with Crippen LogP contribution in [0, 0.1) is 0 Å². The van der Waals surface area contributed by atoms with Gasteiger partial charge in [-0.2, -0.15) is 0 Å². The molecule has 2 nitrogen and oxygen atoms in total. The first-order chi connectivity index (χ1) is 6.84. The second kappa shape index (κ2) is 6.46. The van der Waals surface area contributed by atoms with Crippen LogP contribution in [0.1, 0.15) is 0 Å². The molecule has 0 aromatic heterocycles. The number of benzene rings is 1. The van der Waals surface area contributed by atoms with Crippen LogP contribution in [-0.2, 0) is 0 Å². The summed E-state index contributed by atoms with van der Waals surface area (Å²) in [6.45, 7) is 1.40. The van der Waals surface area contributed by atoms with Crippen molar-refractivity contribution in [3.63, 3.8) is 0 Å². The highest BCUT2D eigenvalue weighted by Crippen LogP contribution is 2.22. The Kier molecular flexibility index (Phi) is 5.12. The maximum absolute atomic E-state index is 5.90. The highest BCUT2D eigenvalue weighted by Gasteiger charge is 1.96. The Morgan fingerprint density at radius 3 is 2.86 bits per heavy atom. The molecule has 76 valence electrons. The largest absolute Gasteiger partial charge is 0.488 e. The second-order valence-electron chi connectivity index (χ2n) is 2.77. The summed E-state index contributed by atoms with van der Waals surface area (Å²) >= 11 is 5.90. The van der Waals surface area contributed by atoms with Crippen LogP contribution < -0.4 is 10.1 Å². The molecule has 0 atom stereocenters. The van der Waals surface area contributed by atoms with Crippen LogP contribution in [-0.4, -0.2) is 20.2 Å². The van der Waals surface area contributed by atoms with Gasteiger partial charge in [-0.15, -0.1) is 0 Å². The molecule has 0 spiro atoms. The quantitative estimate of drug-likeness (QED) is 0.756. The minimum atomic E-state index is 0.547. The van der Waals surface area contributed by atoms with Crippen molar-refractivity contribution in [2.75, 3.05) is 20.2 Å². The van der Waals surface area contributed by atoms with Crippen molar-refractivity contribution in [2.24, 2.45) is 0 Å². The van der Waals surface area contributed by atoms with Gasteiger partial charge in [0.25, 0.3) is 0 Å². The van der Waals surface area contributed by atoms with Gasteiger partial charge in [0.1, 0.15) is 12.4 Å². The smallest absolute Gasteiger partial charge is 0.138 e. The number of rotatable bonds is 5. The standard InChI is InChI=1S/C11H14ClNO/c1-13-8-4-5-9-14-11-7-3-2-6-10(11)12/h2-7,13H,8-9H2,1H3. The predicted octanol–water partition coefficient (Wildman–Crippen LogP) is 2.49. The maximum atomic E-state index is 5.90. The third kappa shape index (κ3) is 3.81. The molecule has 1 aromatic rings. The molecule has 0 aliphatic heterocycles. The summed E-state index contributed by atoms with van der Waals surface area (Å²) in [5.74, 6) is 0.725. The summed E-state index contributed by atoms with van der Waals surface area (Å²) in [5, 5.41) is 3.66. The zero-order valence-corrected chi connectivity index (χ0v) is 8.92. The molecule has 1 N–H and O–H groups in total. The van der Waals surface area contributed by atoms with Crippen LogP contribution in [0.3, 0.4) is 0 Å². The van der Waals surface area contributed by atoms with E-state index < -0.39 is 0 Å². The molecule has 3 heteroatoms. The van der Waals surface area contributed by atoms with Gasteiger partial charge < -0.3 is 10.1 Å². The molecule has 0 saturated heterocycles. The van der Waals surface area contributed by atoms with Crippen molar-refractivity contribution >= 4 is 11.6 Å². The highest BCUT2D eigenvalue weighted by molar-refractivity contribution is 6.32. The number of likely N-dealkylation sites (N-methyl/N-ethyl adjacent to an activating group) is 1. The van der Waals surface area contributed by atoms with Gasteiger partial charge in [0, 0.05) is 6.54 Å². The van der Waals surface area contributed by atoms with Gasteiger partial charge in [-0.05, 0) is 19.2 Å². The maximum Gasteiger partial charge on any atom is 0.138 e. The lowest BCUT2D eigenvalue weighted by Crippen LogP contribution is -2.04. The topological polar surface area (TPSA) is 21.3 Å². The lowest BCUT2D eigenvalue weighted by atomic mass is 10.3. The van der Waals surface area contributed by atoms with Crippen LogP contribution in [0.5, 0.6) is 5.75 Å². The SMILES string of the molecule is CNCC=CCOc1ccccc1Cl. The molecule has 0 amide bonds. The molecule has 0 unspecified atom stereocenters. The van der Waals surface area contributed by atoms with Crippen LogP contribution in [0.2, 0.25) is 5.02 Å². The van der Waals surface area contributed by atoms with Crippen LogP contribution >= 0.6 is 11.6 Å². The normalized spacial score (nSPS) is 10.7. The van der Waals surface area contributed by atoms with Crippen molar-refractivity contribution in [3.8, 4) is 5.75 Å². The summed E-state index contributed by atoms with van der Waals surface area (Å²) in [6.07, 6.45) is 3.97. The molecular formula is C11H14ClNO. The van der Waals surface area contributed by atoms with E-state index in [1.807, 2.05) is 43.5 Å². The predicted molar refractivity (Wildman–Crippen MR) is 60.0 cm³/mol. The summed E-state index contributed by atoms with van der Waals surface area (Å²) in [5.41, 5.74) is 0. The molecule has 0 radical (unpaired) electrons. The van der Waals surface area contributed by atoms with E-state index in [1.165, 1.54) is 0 Å². The Labute approximate surface area is 89.5 Å². The van der Waals surface area contributed by atoms with Crippen molar-refractivity contribution in [1.82, 2.24) is 5.32 Å². The van der Waals surface area contributed by atoms with E-state index in [0.717, 1.165) is 12.3 Å². The zero-order valence-electron chi connectivity index (χ0n) is 8.16. The first-order valence-electron chi connectivity index (χ1n) is 4.51. The lowest BCUT2D eigenvalue weighted by Gasteiger charge is -2.04. The lowest BCUT2D eigenvalue weighted by molar-refractivity contribution is 0.363. The molecule has 1 rings (SSSR count). The van der Waals surface area contributed by atoms with E-state index >= 15 is 0 Å². The van der Waals surface area contributed by atoms with Gasteiger partial charge in [-0.25, -0.2) is 0 Å². The number of hydrogen-bond acceptors (Lipinski definition) is 2. The zero-order chi connectivity index (χ0) is 10.2. The van der Waals surface area contributed by atoms with E-state index in [1.54, 1.807) is 0 Å². The third-order valence-corrected chi connectivity index (χ3v) is 1.97.